The second-order valence-electron chi connectivity index (χ2n) is 4.77. The number of aromatic nitrogens is 1. The summed E-state index contributed by atoms with van der Waals surface area (Å²) >= 11 is 0. The second-order valence-corrected chi connectivity index (χ2v) is 4.77. The molecule has 1 N–H and O–H groups in total. The third-order valence-electron chi connectivity index (χ3n) is 3.90. The third-order valence-corrected chi connectivity index (χ3v) is 3.90. The predicted molar refractivity (Wildman–Crippen MR) is 59.6 cm³/mol. The van der Waals surface area contributed by atoms with E-state index in [2.05, 4.69) is 4.90 Å². The van der Waals surface area contributed by atoms with Crippen molar-refractivity contribution < 1.29 is 9.90 Å². The number of hydrogen-bond acceptors (Lipinski definition) is 2. The highest BCUT2D eigenvalue weighted by Gasteiger charge is 2.35. The summed E-state index contributed by atoms with van der Waals surface area (Å²) in [5, 5.41) is 9.17. The lowest BCUT2D eigenvalue weighted by Crippen LogP contribution is -2.32. The molecule has 0 radical (unpaired) electrons. The molecule has 4 heteroatoms. The van der Waals surface area contributed by atoms with Crippen molar-refractivity contribution in [3.8, 4) is 0 Å². The Balaban J connectivity index is 2.12. The average Bonchev–Trinajstić information content (AvgIpc) is 2.81. The van der Waals surface area contributed by atoms with Crippen molar-refractivity contribution in [1.29, 1.82) is 0 Å². The van der Waals surface area contributed by atoms with Crippen LogP contribution in [0.25, 0.3) is 0 Å². The lowest BCUT2D eigenvalue weighted by atomic mass is 9.97. The number of aromatic carboxylic acids is 1. The number of aryl methyl sites for hydroxylation is 1. The van der Waals surface area contributed by atoms with Crippen molar-refractivity contribution in [3.05, 3.63) is 23.0 Å². The van der Waals surface area contributed by atoms with Crippen LogP contribution in [0.2, 0.25) is 0 Å². The van der Waals surface area contributed by atoms with Gasteiger partial charge in [-0.1, -0.05) is 0 Å². The molecule has 3 rings (SSSR count). The van der Waals surface area contributed by atoms with Crippen molar-refractivity contribution in [2.45, 2.75) is 25.3 Å². The fourth-order valence-corrected chi connectivity index (χ4v) is 3.23. The number of carboxylic acids is 1. The largest absolute Gasteiger partial charge is 0.478 e. The molecule has 0 aromatic carbocycles. The Bertz CT molecular complexity index is 450. The maximum atomic E-state index is 11.2. The van der Waals surface area contributed by atoms with Crippen LogP contribution in [0.1, 0.15) is 40.5 Å². The molecule has 0 bridgehead atoms. The monoisotopic (exact) mass is 220 g/mol. The van der Waals surface area contributed by atoms with Gasteiger partial charge in [-0.15, -0.1) is 0 Å². The van der Waals surface area contributed by atoms with Crippen molar-refractivity contribution in [2.24, 2.45) is 7.05 Å². The standard InChI is InChI=1S/C12H16N2O2/c1-13-7-9(12(15)16)8-4-6-14-5-2-3-10(14)11(8)13/h7,10H,2-6H2,1H3,(H,15,16). The highest BCUT2D eigenvalue weighted by atomic mass is 16.4. The van der Waals surface area contributed by atoms with Gasteiger partial charge < -0.3 is 9.67 Å². The molecule has 4 nitrogen and oxygen atoms in total. The molecular weight excluding hydrogens is 204 g/mol. The number of nitrogens with zero attached hydrogens (tertiary/aromatic N) is 2. The van der Waals surface area contributed by atoms with E-state index >= 15 is 0 Å². The van der Waals surface area contributed by atoms with E-state index in [0.717, 1.165) is 25.1 Å². The van der Waals surface area contributed by atoms with Crippen LogP contribution in [0.5, 0.6) is 0 Å². The maximum Gasteiger partial charge on any atom is 0.337 e. The van der Waals surface area contributed by atoms with Crippen molar-refractivity contribution >= 4 is 5.97 Å². The highest BCUT2D eigenvalue weighted by Crippen LogP contribution is 2.39. The van der Waals surface area contributed by atoms with E-state index < -0.39 is 5.97 Å². The SMILES string of the molecule is Cn1cc(C(=O)O)c2c1C1CCCN1CC2. The Morgan fingerprint density at radius 1 is 1.50 bits per heavy atom. The maximum absolute atomic E-state index is 11.2. The zero-order chi connectivity index (χ0) is 11.3. The Morgan fingerprint density at radius 3 is 3.06 bits per heavy atom. The third kappa shape index (κ3) is 1.23. The van der Waals surface area contributed by atoms with E-state index in [0.29, 0.717) is 11.6 Å². The molecule has 1 unspecified atom stereocenters. The molecule has 86 valence electrons. The summed E-state index contributed by atoms with van der Waals surface area (Å²) in [6, 6.07) is 0.460. The Kier molecular flexibility index (Phi) is 2.07. The van der Waals surface area contributed by atoms with Crippen LogP contribution in [0.4, 0.5) is 0 Å². The summed E-state index contributed by atoms with van der Waals surface area (Å²) in [5.74, 6) is -0.789. The van der Waals surface area contributed by atoms with Gasteiger partial charge in [-0.2, -0.15) is 0 Å². The van der Waals surface area contributed by atoms with Gasteiger partial charge in [0.2, 0.25) is 0 Å². The van der Waals surface area contributed by atoms with Gasteiger partial charge in [0.05, 0.1) is 11.6 Å². The van der Waals surface area contributed by atoms with E-state index in [4.69, 9.17) is 5.11 Å². The molecule has 1 saturated heterocycles. The van der Waals surface area contributed by atoms with Gasteiger partial charge in [0.15, 0.2) is 0 Å². The van der Waals surface area contributed by atoms with Gasteiger partial charge in [0, 0.05) is 25.5 Å². The molecule has 2 aliphatic rings. The van der Waals surface area contributed by atoms with Crippen molar-refractivity contribution in [3.63, 3.8) is 0 Å². The van der Waals surface area contributed by atoms with Crippen LogP contribution in [0, 0.1) is 0 Å². The van der Waals surface area contributed by atoms with Crippen LogP contribution in [-0.2, 0) is 13.5 Å². The summed E-state index contributed by atoms with van der Waals surface area (Å²) in [4.78, 5) is 13.6. The van der Waals surface area contributed by atoms with Crippen molar-refractivity contribution in [2.75, 3.05) is 13.1 Å². The van der Waals surface area contributed by atoms with E-state index in [1.165, 1.54) is 18.5 Å². The molecule has 16 heavy (non-hydrogen) atoms. The molecule has 0 saturated carbocycles. The number of carbonyl (C=O) groups is 1. The first kappa shape index (κ1) is 9.90. The number of fused-ring (bicyclic) bond motifs is 3. The predicted octanol–water partition coefficient (Wildman–Crippen LogP) is 1.42. The quantitative estimate of drug-likeness (QED) is 0.778. The number of rotatable bonds is 1. The van der Waals surface area contributed by atoms with Gasteiger partial charge in [0.1, 0.15) is 0 Å². The first-order valence-corrected chi connectivity index (χ1v) is 5.84. The van der Waals surface area contributed by atoms with Gasteiger partial charge in [-0.05, 0) is 31.4 Å². The molecule has 1 aromatic rings. The topological polar surface area (TPSA) is 45.5 Å². The van der Waals surface area contributed by atoms with Crippen LogP contribution >= 0.6 is 0 Å². The normalized spacial score (nSPS) is 24.2. The molecule has 2 aliphatic heterocycles. The van der Waals surface area contributed by atoms with Crippen LogP contribution in [-0.4, -0.2) is 33.6 Å². The second kappa shape index (κ2) is 3.35. The Hall–Kier alpha value is -1.29. The fraction of sp³-hybridized carbons (Fsp3) is 0.583. The molecule has 0 spiro atoms. The molecule has 1 aromatic heterocycles. The minimum Gasteiger partial charge on any atom is -0.478 e. The Morgan fingerprint density at radius 2 is 2.31 bits per heavy atom. The van der Waals surface area contributed by atoms with Crippen molar-refractivity contribution in [1.82, 2.24) is 9.47 Å². The molecule has 3 heterocycles. The molecule has 0 amide bonds. The summed E-state index contributed by atoms with van der Waals surface area (Å²) in [7, 11) is 1.97. The van der Waals surface area contributed by atoms with Crippen LogP contribution in [0.3, 0.4) is 0 Å². The molecule has 1 atom stereocenters. The zero-order valence-corrected chi connectivity index (χ0v) is 9.44. The zero-order valence-electron chi connectivity index (χ0n) is 9.44. The Labute approximate surface area is 94.5 Å². The van der Waals surface area contributed by atoms with E-state index in [1.807, 2.05) is 11.6 Å². The highest BCUT2D eigenvalue weighted by molar-refractivity contribution is 5.90. The van der Waals surface area contributed by atoms with E-state index in [-0.39, 0.29) is 0 Å². The summed E-state index contributed by atoms with van der Waals surface area (Å²) in [6.45, 7) is 2.18. The number of carboxylic acid groups (broad SMARTS) is 1. The van der Waals surface area contributed by atoms with Gasteiger partial charge in [-0.25, -0.2) is 4.79 Å². The first-order valence-electron chi connectivity index (χ1n) is 5.84. The summed E-state index contributed by atoms with van der Waals surface area (Å²) < 4.78 is 2.01. The summed E-state index contributed by atoms with van der Waals surface area (Å²) in [6.07, 6.45) is 5.06. The lowest BCUT2D eigenvalue weighted by Gasteiger charge is -2.31. The van der Waals surface area contributed by atoms with Crippen LogP contribution < -0.4 is 0 Å². The minimum absolute atomic E-state index is 0.460. The molecule has 1 fully saturated rings. The smallest absolute Gasteiger partial charge is 0.337 e. The van der Waals surface area contributed by atoms with E-state index in [1.54, 1.807) is 6.20 Å². The lowest BCUT2D eigenvalue weighted by molar-refractivity contribution is 0.0695. The van der Waals surface area contributed by atoms with Crippen LogP contribution in [0.15, 0.2) is 6.20 Å². The van der Waals surface area contributed by atoms with Gasteiger partial charge in [0.25, 0.3) is 0 Å². The number of hydrogen-bond donors (Lipinski definition) is 1. The molecule has 0 aliphatic carbocycles. The average molecular weight is 220 g/mol. The molecular formula is C12H16N2O2. The van der Waals surface area contributed by atoms with E-state index in [9.17, 15) is 4.79 Å². The first-order chi connectivity index (χ1) is 7.68. The summed E-state index contributed by atoms with van der Waals surface area (Å²) in [5.41, 5.74) is 2.81. The van der Waals surface area contributed by atoms with Gasteiger partial charge >= 0.3 is 5.97 Å². The minimum atomic E-state index is -0.789. The van der Waals surface area contributed by atoms with Gasteiger partial charge in [-0.3, -0.25) is 4.90 Å². The fourth-order valence-electron chi connectivity index (χ4n) is 3.23.